The van der Waals surface area contributed by atoms with E-state index in [9.17, 15) is 4.79 Å². The van der Waals surface area contributed by atoms with Crippen LogP contribution in [0.5, 0.6) is 0 Å². The summed E-state index contributed by atoms with van der Waals surface area (Å²) in [5, 5.41) is 24.2. The zero-order chi connectivity index (χ0) is 15.8. The number of hydrogen-bond donors (Lipinski definition) is 1. The number of thioether (sulfide) groups is 1. The zero-order valence-corrected chi connectivity index (χ0v) is 13.3. The summed E-state index contributed by atoms with van der Waals surface area (Å²) in [5.74, 6) is 0.196. The number of carboxylic acid groups (broad SMARTS) is 1. The van der Waals surface area contributed by atoms with Crippen LogP contribution in [-0.4, -0.2) is 36.9 Å². The molecule has 4 rings (SSSR count). The van der Waals surface area contributed by atoms with E-state index in [2.05, 4.69) is 15.3 Å². The van der Waals surface area contributed by atoms with Gasteiger partial charge in [-0.3, -0.25) is 4.79 Å². The number of hydrogen-bond acceptors (Lipinski definition) is 7. The third kappa shape index (κ3) is 2.57. The van der Waals surface area contributed by atoms with Crippen molar-refractivity contribution in [3.63, 3.8) is 0 Å². The Bertz CT molecular complexity index is 868. The first kappa shape index (κ1) is 14.2. The van der Waals surface area contributed by atoms with Crippen molar-refractivity contribution in [2.75, 3.05) is 0 Å². The van der Waals surface area contributed by atoms with Gasteiger partial charge in [-0.15, -0.1) is 21.5 Å². The maximum atomic E-state index is 11.2. The molecule has 3 aromatic rings. The van der Waals surface area contributed by atoms with Crippen molar-refractivity contribution in [2.45, 2.75) is 16.8 Å². The lowest BCUT2D eigenvalue weighted by Gasteiger charge is -2.20. The van der Waals surface area contributed by atoms with E-state index in [0.29, 0.717) is 22.5 Å². The molecule has 0 radical (unpaired) electrons. The Morgan fingerprint density at radius 2 is 2.26 bits per heavy atom. The molecule has 0 amide bonds. The van der Waals surface area contributed by atoms with Gasteiger partial charge in [0.15, 0.2) is 5.76 Å². The van der Waals surface area contributed by atoms with Gasteiger partial charge in [-0.2, -0.15) is 9.78 Å². The van der Waals surface area contributed by atoms with E-state index < -0.39 is 5.97 Å². The van der Waals surface area contributed by atoms with Crippen molar-refractivity contribution < 1.29 is 14.3 Å². The van der Waals surface area contributed by atoms with Crippen LogP contribution in [0, 0.1) is 0 Å². The predicted octanol–water partition coefficient (Wildman–Crippen LogP) is 2.80. The lowest BCUT2D eigenvalue weighted by atomic mass is 10.1. The van der Waals surface area contributed by atoms with Gasteiger partial charge in [0.05, 0.1) is 28.5 Å². The van der Waals surface area contributed by atoms with Gasteiger partial charge < -0.3 is 9.52 Å². The topological polar surface area (TPSA) is 93.5 Å². The van der Waals surface area contributed by atoms with E-state index >= 15 is 0 Å². The Labute approximate surface area is 138 Å². The van der Waals surface area contributed by atoms with E-state index in [1.54, 1.807) is 23.1 Å². The molecular formula is C14H10N4O3S2. The van der Waals surface area contributed by atoms with Crippen LogP contribution in [0.25, 0.3) is 11.6 Å². The lowest BCUT2D eigenvalue weighted by molar-refractivity contribution is -0.136. The van der Waals surface area contributed by atoms with E-state index in [1.807, 2.05) is 17.5 Å². The Morgan fingerprint density at radius 1 is 1.35 bits per heavy atom. The van der Waals surface area contributed by atoms with Crippen LogP contribution in [0.4, 0.5) is 0 Å². The normalized spacial score (nSPS) is 16.9. The van der Waals surface area contributed by atoms with Gasteiger partial charge in [0.2, 0.25) is 11.0 Å². The first-order valence-electron chi connectivity index (χ1n) is 6.73. The standard InChI is InChI=1S/C14H10N4O3S2/c19-11(20)7-10-12(9-4-2-6-22-9)17-18-13(8-3-1-5-21-8)15-16-14(18)23-10/h1-6,10H,7H2,(H,19,20)/t10-/m0/s1. The predicted molar refractivity (Wildman–Crippen MR) is 85.9 cm³/mol. The molecule has 0 aromatic carbocycles. The molecule has 1 N–H and O–H groups in total. The molecule has 1 aliphatic heterocycles. The highest BCUT2D eigenvalue weighted by molar-refractivity contribution is 8.00. The van der Waals surface area contributed by atoms with E-state index in [0.717, 1.165) is 4.88 Å². The molecule has 0 saturated heterocycles. The average molecular weight is 346 g/mol. The number of thiophene rings is 1. The Morgan fingerprint density at radius 3 is 2.96 bits per heavy atom. The summed E-state index contributed by atoms with van der Waals surface area (Å²) in [6, 6.07) is 7.40. The highest BCUT2D eigenvalue weighted by Crippen LogP contribution is 2.35. The summed E-state index contributed by atoms with van der Waals surface area (Å²) >= 11 is 2.88. The van der Waals surface area contributed by atoms with E-state index in [1.165, 1.54) is 23.1 Å². The summed E-state index contributed by atoms with van der Waals surface area (Å²) < 4.78 is 6.98. The van der Waals surface area contributed by atoms with Crippen LogP contribution < -0.4 is 0 Å². The van der Waals surface area contributed by atoms with Crippen LogP contribution >= 0.6 is 23.1 Å². The first-order valence-corrected chi connectivity index (χ1v) is 8.49. The average Bonchev–Trinajstić information content (AvgIpc) is 3.26. The van der Waals surface area contributed by atoms with Crippen molar-refractivity contribution >= 4 is 34.8 Å². The monoisotopic (exact) mass is 346 g/mol. The van der Waals surface area contributed by atoms with Crippen LogP contribution in [0.2, 0.25) is 0 Å². The zero-order valence-electron chi connectivity index (χ0n) is 11.6. The van der Waals surface area contributed by atoms with E-state index in [4.69, 9.17) is 9.52 Å². The smallest absolute Gasteiger partial charge is 0.304 e. The van der Waals surface area contributed by atoms with Gasteiger partial charge in [0, 0.05) is 0 Å². The maximum Gasteiger partial charge on any atom is 0.304 e. The molecule has 1 atom stereocenters. The quantitative estimate of drug-likeness (QED) is 0.781. The summed E-state index contributed by atoms with van der Waals surface area (Å²) in [5.41, 5.74) is 0.715. The fraction of sp³-hybridized carbons (Fsp3) is 0.143. The van der Waals surface area contributed by atoms with Crippen molar-refractivity contribution in [3.05, 3.63) is 40.8 Å². The highest BCUT2D eigenvalue weighted by atomic mass is 32.2. The largest absolute Gasteiger partial charge is 0.481 e. The molecule has 1 aliphatic rings. The fourth-order valence-electron chi connectivity index (χ4n) is 2.27. The highest BCUT2D eigenvalue weighted by Gasteiger charge is 2.31. The number of rotatable bonds is 4. The van der Waals surface area contributed by atoms with Crippen molar-refractivity contribution in [3.8, 4) is 11.6 Å². The number of carbonyl (C=O) groups is 1. The molecule has 0 aliphatic carbocycles. The van der Waals surface area contributed by atoms with Crippen molar-refractivity contribution in [1.82, 2.24) is 14.9 Å². The van der Waals surface area contributed by atoms with Crippen molar-refractivity contribution in [1.29, 1.82) is 0 Å². The molecular weight excluding hydrogens is 336 g/mol. The number of fused-ring (bicyclic) bond motifs is 1. The first-order chi connectivity index (χ1) is 11.2. The Hall–Kier alpha value is -2.39. The minimum atomic E-state index is -0.869. The molecule has 7 nitrogen and oxygen atoms in total. The van der Waals surface area contributed by atoms with Gasteiger partial charge in [-0.05, 0) is 23.6 Å². The van der Waals surface area contributed by atoms with Gasteiger partial charge in [-0.1, -0.05) is 17.8 Å². The summed E-state index contributed by atoms with van der Waals surface area (Å²) in [6.45, 7) is 0. The van der Waals surface area contributed by atoms with Crippen LogP contribution in [0.1, 0.15) is 11.3 Å². The van der Waals surface area contributed by atoms with Crippen LogP contribution in [-0.2, 0) is 4.79 Å². The van der Waals surface area contributed by atoms with Crippen LogP contribution in [0.15, 0.2) is 50.6 Å². The van der Waals surface area contributed by atoms with Crippen molar-refractivity contribution in [2.24, 2.45) is 5.10 Å². The number of aromatic nitrogens is 3. The molecule has 9 heteroatoms. The maximum absolute atomic E-state index is 11.2. The molecule has 4 heterocycles. The molecule has 0 fully saturated rings. The van der Waals surface area contributed by atoms with Gasteiger partial charge in [-0.25, -0.2) is 0 Å². The molecule has 0 unspecified atom stereocenters. The molecule has 0 spiro atoms. The summed E-state index contributed by atoms with van der Waals surface area (Å²) in [4.78, 5) is 12.1. The van der Waals surface area contributed by atoms with Gasteiger partial charge >= 0.3 is 5.97 Å². The van der Waals surface area contributed by atoms with E-state index in [-0.39, 0.29) is 11.7 Å². The number of aliphatic carboxylic acids is 1. The molecule has 0 saturated carbocycles. The minimum Gasteiger partial charge on any atom is -0.481 e. The Balaban J connectivity index is 1.82. The number of furan rings is 1. The fourth-order valence-corrected chi connectivity index (χ4v) is 4.19. The lowest BCUT2D eigenvalue weighted by Crippen LogP contribution is -2.26. The van der Waals surface area contributed by atoms with Crippen LogP contribution in [0.3, 0.4) is 0 Å². The third-order valence-corrected chi connectivity index (χ3v) is 5.28. The minimum absolute atomic E-state index is 0.0235. The second-order valence-electron chi connectivity index (χ2n) is 4.76. The molecule has 3 aromatic heterocycles. The molecule has 0 bridgehead atoms. The molecule has 23 heavy (non-hydrogen) atoms. The summed E-state index contributed by atoms with van der Waals surface area (Å²) in [6.07, 6.45) is 1.54. The Kier molecular flexibility index (Phi) is 3.50. The van der Waals surface area contributed by atoms with Gasteiger partial charge in [0.1, 0.15) is 0 Å². The summed E-state index contributed by atoms with van der Waals surface area (Å²) in [7, 11) is 0. The second kappa shape index (κ2) is 5.67. The number of nitrogens with zero attached hydrogens (tertiary/aromatic N) is 4. The third-order valence-electron chi connectivity index (χ3n) is 3.25. The molecule has 116 valence electrons. The van der Waals surface area contributed by atoms with Gasteiger partial charge in [0.25, 0.3) is 0 Å². The SMILES string of the molecule is O=C(O)C[C@@H]1Sc2nnc(-c3ccco3)n2N=C1c1cccs1. The second-order valence-corrected chi connectivity index (χ2v) is 6.88. The number of carboxylic acids is 1.